The van der Waals surface area contributed by atoms with Gasteiger partial charge in [-0.1, -0.05) is 47.5 Å². The number of nitrogens with zero attached hydrogens (tertiary/aromatic N) is 3. The van der Waals surface area contributed by atoms with Crippen molar-refractivity contribution in [1.29, 1.82) is 0 Å². The first-order valence-corrected chi connectivity index (χ1v) is 14.6. The van der Waals surface area contributed by atoms with Gasteiger partial charge in [0.25, 0.3) is 5.91 Å². The van der Waals surface area contributed by atoms with Crippen molar-refractivity contribution >= 4 is 62.4 Å². The minimum Gasteiger partial charge on any atom is -0.444 e. The van der Waals surface area contributed by atoms with Crippen molar-refractivity contribution in [2.24, 2.45) is 0 Å². The van der Waals surface area contributed by atoms with Crippen molar-refractivity contribution < 1.29 is 14.3 Å². The summed E-state index contributed by atoms with van der Waals surface area (Å²) >= 11 is 13.7. The van der Waals surface area contributed by atoms with E-state index < -0.39 is 5.60 Å². The molecular formula is C30H30Cl2N4O3S. The van der Waals surface area contributed by atoms with Crippen LogP contribution in [-0.4, -0.2) is 58.6 Å². The third-order valence-electron chi connectivity index (χ3n) is 6.51. The number of carbonyl (C=O) groups is 2. The number of hydrogen-bond acceptors (Lipinski definition) is 6. The van der Waals surface area contributed by atoms with Crippen molar-refractivity contribution in [3.63, 3.8) is 0 Å². The highest BCUT2D eigenvalue weighted by molar-refractivity contribution is 7.21. The van der Waals surface area contributed by atoms with Gasteiger partial charge in [-0.15, -0.1) is 11.3 Å². The molecule has 1 saturated heterocycles. The maximum absolute atomic E-state index is 13.0. The summed E-state index contributed by atoms with van der Waals surface area (Å²) < 4.78 is 6.60. The zero-order valence-electron chi connectivity index (χ0n) is 22.5. The lowest BCUT2D eigenvalue weighted by Crippen LogP contribution is -2.49. The molecule has 0 atom stereocenters. The van der Waals surface area contributed by atoms with Crippen molar-refractivity contribution in [2.75, 3.05) is 31.5 Å². The number of rotatable bonds is 5. The predicted molar refractivity (Wildman–Crippen MR) is 163 cm³/mol. The first-order valence-electron chi connectivity index (χ1n) is 13.0. The summed E-state index contributed by atoms with van der Waals surface area (Å²) in [5.41, 5.74) is 3.50. The van der Waals surface area contributed by atoms with E-state index in [4.69, 9.17) is 32.9 Å². The van der Waals surface area contributed by atoms with Crippen LogP contribution < -0.4 is 5.32 Å². The predicted octanol–water partition coefficient (Wildman–Crippen LogP) is 7.58. The Morgan fingerprint density at radius 1 is 0.975 bits per heavy atom. The fourth-order valence-corrected chi connectivity index (χ4v) is 5.87. The average molecular weight is 598 g/mol. The van der Waals surface area contributed by atoms with E-state index in [1.807, 2.05) is 45.0 Å². The average Bonchev–Trinajstić information content (AvgIpc) is 3.35. The summed E-state index contributed by atoms with van der Waals surface area (Å²) in [5, 5.41) is 4.54. The summed E-state index contributed by atoms with van der Waals surface area (Å²) in [6, 6.07) is 18.7. The first kappa shape index (κ1) is 28.4. The van der Waals surface area contributed by atoms with Gasteiger partial charge in [-0.25, -0.2) is 9.78 Å². The number of aromatic nitrogens is 1. The van der Waals surface area contributed by atoms with E-state index in [0.29, 0.717) is 34.4 Å². The molecule has 2 amide bonds. The minimum atomic E-state index is -0.503. The van der Waals surface area contributed by atoms with Gasteiger partial charge in [0.15, 0.2) is 0 Å². The number of benzene rings is 3. The van der Waals surface area contributed by atoms with Gasteiger partial charge in [-0.05, 0) is 62.7 Å². The Kier molecular flexibility index (Phi) is 8.33. The third kappa shape index (κ3) is 6.58. The maximum Gasteiger partial charge on any atom is 0.410 e. The number of ether oxygens (including phenoxy) is 1. The SMILES string of the molecule is CC(C)(C)OC(=O)N1CCN(Cc2cccc3sc(-c4ccccc4NC(=O)c4ccc(Cl)c(Cl)c4)nc23)CC1. The fraction of sp³-hybridized carbons (Fsp3) is 0.300. The molecule has 1 N–H and O–H groups in total. The molecule has 1 aliphatic heterocycles. The van der Waals surface area contributed by atoms with Gasteiger partial charge in [0.2, 0.25) is 0 Å². The van der Waals surface area contributed by atoms with Gasteiger partial charge in [0.1, 0.15) is 10.6 Å². The van der Waals surface area contributed by atoms with Gasteiger partial charge < -0.3 is 15.0 Å². The molecule has 2 heterocycles. The highest BCUT2D eigenvalue weighted by Crippen LogP contribution is 2.36. The van der Waals surface area contributed by atoms with E-state index >= 15 is 0 Å². The molecule has 0 aliphatic carbocycles. The maximum atomic E-state index is 13.0. The standard InChI is InChI=1S/C30H30Cl2N4O3S/c1-30(2,3)39-29(38)36-15-13-35(14-16-36)18-20-7-6-10-25-26(20)34-28(40-25)21-8-4-5-9-24(21)33-27(37)19-11-12-22(31)23(32)17-19/h4-12,17H,13-16,18H2,1-3H3,(H,33,37). The number of amides is 2. The lowest BCUT2D eigenvalue weighted by molar-refractivity contribution is 0.0139. The molecule has 0 bridgehead atoms. The van der Waals surface area contributed by atoms with Gasteiger partial charge in [-0.3, -0.25) is 9.69 Å². The summed E-state index contributed by atoms with van der Waals surface area (Å²) in [6.45, 7) is 9.15. The quantitative estimate of drug-likeness (QED) is 0.257. The Morgan fingerprint density at radius 2 is 1.73 bits per heavy atom. The van der Waals surface area contributed by atoms with Crippen molar-refractivity contribution in [3.05, 3.63) is 81.8 Å². The van der Waals surface area contributed by atoms with Crippen molar-refractivity contribution in [3.8, 4) is 10.6 Å². The highest BCUT2D eigenvalue weighted by Gasteiger charge is 2.26. The number of piperazine rings is 1. The number of nitrogens with one attached hydrogen (secondary N) is 1. The Bertz CT molecular complexity index is 1560. The molecule has 0 saturated carbocycles. The lowest BCUT2D eigenvalue weighted by atomic mass is 10.1. The second kappa shape index (κ2) is 11.7. The topological polar surface area (TPSA) is 74.8 Å². The van der Waals surface area contributed by atoms with Crippen LogP contribution >= 0.6 is 34.5 Å². The Balaban J connectivity index is 1.32. The van der Waals surface area contributed by atoms with Crippen LogP contribution in [0.25, 0.3) is 20.8 Å². The first-order chi connectivity index (χ1) is 19.1. The van der Waals surface area contributed by atoms with Gasteiger partial charge in [-0.2, -0.15) is 0 Å². The van der Waals surface area contributed by atoms with Crippen molar-refractivity contribution in [1.82, 2.24) is 14.8 Å². The molecule has 40 heavy (non-hydrogen) atoms. The van der Waals surface area contributed by atoms with Crippen molar-refractivity contribution in [2.45, 2.75) is 32.9 Å². The van der Waals surface area contributed by atoms with Crippen LogP contribution in [-0.2, 0) is 11.3 Å². The smallest absolute Gasteiger partial charge is 0.410 e. The molecule has 1 fully saturated rings. The number of carbonyl (C=O) groups excluding carboxylic acids is 2. The third-order valence-corrected chi connectivity index (χ3v) is 8.30. The largest absolute Gasteiger partial charge is 0.444 e. The number of fused-ring (bicyclic) bond motifs is 1. The Hall–Kier alpha value is -3.17. The lowest BCUT2D eigenvalue weighted by Gasteiger charge is -2.35. The number of thiazole rings is 1. The molecular weight excluding hydrogens is 567 g/mol. The molecule has 7 nitrogen and oxygen atoms in total. The number of anilines is 1. The van der Waals surface area contributed by atoms with E-state index in [-0.39, 0.29) is 12.0 Å². The molecule has 0 spiro atoms. The van der Waals surface area contributed by atoms with Crippen LogP contribution in [0.2, 0.25) is 10.0 Å². The van der Waals surface area contributed by atoms with Crippen LogP contribution in [0.1, 0.15) is 36.7 Å². The van der Waals surface area contributed by atoms with Crippen LogP contribution in [0.15, 0.2) is 60.7 Å². The molecule has 0 unspecified atom stereocenters. The fourth-order valence-electron chi connectivity index (χ4n) is 4.51. The summed E-state index contributed by atoms with van der Waals surface area (Å²) in [7, 11) is 0. The molecule has 3 aromatic carbocycles. The van der Waals surface area contributed by atoms with E-state index in [0.717, 1.165) is 46.0 Å². The molecule has 4 aromatic rings. The molecule has 1 aromatic heterocycles. The van der Waals surface area contributed by atoms with E-state index in [1.165, 1.54) is 0 Å². The van der Waals surface area contributed by atoms with E-state index in [1.54, 1.807) is 34.4 Å². The number of hydrogen-bond donors (Lipinski definition) is 1. The van der Waals surface area contributed by atoms with Gasteiger partial charge >= 0.3 is 6.09 Å². The van der Waals surface area contributed by atoms with Crippen LogP contribution in [0.4, 0.5) is 10.5 Å². The minimum absolute atomic E-state index is 0.261. The number of para-hydroxylation sites is 2. The number of halogens is 2. The van der Waals surface area contributed by atoms with Crippen LogP contribution in [0.5, 0.6) is 0 Å². The highest BCUT2D eigenvalue weighted by atomic mass is 35.5. The van der Waals surface area contributed by atoms with E-state index in [2.05, 4.69) is 28.4 Å². The molecule has 5 rings (SSSR count). The van der Waals surface area contributed by atoms with Gasteiger partial charge in [0.05, 0.1) is 25.9 Å². The van der Waals surface area contributed by atoms with Crippen LogP contribution in [0.3, 0.4) is 0 Å². The molecule has 1 aliphatic rings. The molecule has 208 valence electrons. The molecule has 0 radical (unpaired) electrons. The zero-order valence-corrected chi connectivity index (χ0v) is 24.9. The Morgan fingerprint density at radius 3 is 2.45 bits per heavy atom. The normalized spacial score (nSPS) is 14.4. The summed E-state index contributed by atoms with van der Waals surface area (Å²) in [4.78, 5) is 34.5. The zero-order chi connectivity index (χ0) is 28.4. The van der Waals surface area contributed by atoms with E-state index in [9.17, 15) is 9.59 Å². The summed E-state index contributed by atoms with van der Waals surface area (Å²) in [6.07, 6.45) is -0.261. The second-order valence-electron chi connectivity index (χ2n) is 10.7. The van der Waals surface area contributed by atoms with Crippen LogP contribution in [0, 0.1) is 0 Å². The second-order valence-corrected chi connectivity index (χ2v) is 12.5. The van der Waals surface area contributed by atoms with Gasteiger partial charge in [0, 0.05) is 43.9 Å². The summed E-state index contributed by atoms with van der Waals surface area (Å²) in [5.74, 6) is -0.279. The monoisotopic (exact) mass is 596 g/mol. The molecule has 10 heteroatoms. The Labute approximate surface area is 247 Å².